The Morgan fingerprint density at radius 2 is 0.800 bits per heavy atom. The lowest BCUT2D eigenvalue weighted by Crippen LogP contribution is -2.15. The number of benzene rings is 2. The van der Waals surface area contributed by atoms with Crippen molar-refractivity contribution in [3.05, 3.63) is 73.8 Å². The third-order valence-corrected chi connectivity index (χ3v) is 7.52. The zero-order valence-corrected chi connectivity index (χ0v) is 12.3. The monoisotopic (exact) mass is 310 g/mol. The van der Waals surface area contributed by atoms with Gasteiger partial charge in [0.05, 0.1) is 9.79 Å². The van der Waals surface area contributed by atoms with Crippen LogP contribution >= 0.6 is 0 Å². The highest BCUT2D eigenvalue weighted by atomic mass is 33.2. The molecule has 0 fully saturated rings. The van der Waals surface area contributed by atoms with E-state index in [4.69, 9.17) is 0 Å². The first-order valence-electron chi connectivity index (χ1n) is 5.56. The summed E-state index contributed by atoms with van der Waals surface area (Å²) in [6.45, 7) is 6.00. The van der Waals surface area contributed by atoms with E-state index in [1.54, 1.807) is 12.1 Å². The smallest absolute Gasteiger partial charge is 0.207 e. The van der Waals surface area contributed by atoms with Gasteiger partial charge in [-0.3, -0.25) is 0 Å². The molecule has 0 aromatic heterocycles. The molecule has 0 aliphatic heterocycles. The molecule has 0 aliphatic rings. The SMILES string of the molecule is C=C.O=S(=O)(c1ccccc1)S(=O)(=O)c1ccccc1. The van der Waals surface area contributed by atoms with Crippen LogP contribution in [0.1, 0.15) is 0 Å². The molecule has 0 N–H and O–H groups in total. The summed E-state index contributed by atoms with van der Waals surface area (Å²) >= 11 is 0. The van der Waals surface area contributed by atoms with Crippen LogP contribution in [0.4, 0.5) is 0 Å². The van der Waals surface area contributed by atoms with Crippen molar-refractivity contribution in [3.63, 3.8) is 0 Å². The Morgan fingerprint density at radius 1 is 0.550 bits per heavy atom. The van der Waals surface area contributed by atoms with Crippen molar-refractivity contribution in [1.29, 1.82) is 0 Å². The van der Waals surface area contributed by atoms with E-state index in [0.29, 0.717) is 0 Å². The van der Waals surface area contributed by atoms with Crippen LogP contribution in [0.25, 0.3) is 0 Å². The number of rotatable bonds is 3. The van der Waals surface area contributed by atoms with Gasteiger partial charge in [-0.15, -0.1) is 13.2 Å². The summed E-state index contributed by atoms with van der Waals surface area (Å²) in [7, 11) is -8.84. The van der Waals surface area contributed by atoms with Crippen LogP contribution in [0.2, 0.25) is 0 Å². The van der Waals surface area contributed by atoms with Crippen LogP contribution in [-0.4, -0.2) is 16.8 Å². The third-order valence-electron chi connectivity index (χ3n) is 2.35. The highest BCUT2D eigenvalue weighted by Crippen LogP contribution is 2.23. The average molecular weight is 310 g/mol. The van der Waals surface area contributed by atoms with Crippen LogP contribution in [0, 0.1) is 0 Å². The molecule has 2 aromatic carbocycles. The summed E-state index contributed by atoms with van der Waals surface area (Å²) in [6.07, 6.45) is 0. The lowest BCUT2D eigenvalue weighted by Gasteiger charge is -2.05. The van der Waals surface area contributed by atoms with Crippen LogP contribution in [-0.2, 0) is 17.7 Å². The molecule has 0 atom stereocenters. The summed E-state index contributed by atoms with van der Waals surface area (Å²) in [5.74, 6) is 0. The summed E-state index contributed by atoms with van der Waals surface area (Å²) in [6, 6.07) is 14.2. The molecule has 0 radical (unpaired) electrons. The van der Waals surface area contributed by atoms with Crippen molar-refractivity contribution >= 4 is 17.7 Å². The Labute approximate surface area is 118 Å². The van der Waals surface area contributed by atoms with Crippen molar-refractivity contribution < 1.29 is 16.8 Å². The second kappa shape index (κ2) is 6.49. The second-order valence-corrected chi connectivity index (χ2v) is 8.93. The first-order chi connectivity index (χ1) is 9.46. The van der Waals surface area contributed by atoms with Crippen LogP contribution in [0.5, 0.6) is 0 Å². The van der Waals surface area contributed by atoms with Gasteiger partial charge >= 0.3 is 0 Å². The Morgan fingerprint density at radius 3 is 1.05 bits per heavy atom. The van der Waals surface area contributed by atoms with Crippen molar-refractivity contribution in [2.45, 2.75) is 9.79 Å². The fourth-order valence-corrected chi connectivity index (χ4v) is 5.10. The lowest BCUT2D eigenvalue weighted by molar-refractivity contribution is 0.582. The van der Waals surface area contributed by atoms with Crippen LogP contribution in [0.3, 0.4) is 0 Å². The molecule has 0 spiro atoms. The van der Waals surface area contributed by atoms with Gasteiger partial charge in [0.2, 0.25) is 0 Å². The molecule has 6 heteroatoms. The van der Waals surface area contributed by atoms with Crippen molar-refractivity contribution in [2.24, 2.45) is 0 Å². The van der Waals surface area contributed by atoms with E-state index in [2.05, 4.69) is 13.2 Å². The van der Waals surface area contributed by atoms with Gasteiger partial charge in [0.15, 0.2) is 0 Å². The molecule has 0 amide bonds. The van der Waals surface area contributed by atoms with Gasteiger partial charge in [0.25, 0.3) is 17.7 Å². The van der Waals surface area contributed by atoms with E-state index in [0.717, 1.165) is 0 Å². The molecule has 0 bridgehead atoms. The minimum Gasteiger partial charge on any atom is -0.207 e. The van der Waals surface area contributed by atoms with E-state index >= 15 is 0 Å². The van der Waals surface area contributed by atoms with Gasteiger partial charge in [0.1, 0.15) is 0 Å². The van der Waals surface area contributed by atoms with E-state index in [9.17, 15) is 16.8 Å². The highest BCUT2D eigenvalue weighted by Gasteiger charge is 2.33. The minimum atomic E-state index is -4.42. The third kappa shape index (κ3) is 2.97. The van der Waals surface area contributed by atoms with Crippen LogP contribution < -0.4 is 0 Å². The summed E-state index contributed by atoms with van der Waals surface area (Å²) < 4.78 is 48.3. The molecule has 0 aliphatic carbocycles. The maximum atomic E-state index is 12.1. The van der Waals surface area contributed by atoms with Gasteiger partial charge in [-0.2, -0.15) is 0 Å². The summed E-state index contributed by atoms with van der Waals surface area (Å²) in [4.78, 5) is -0.456. The van der Waals surface area contributed by atoms with Gasteiger partial charge in [-0.05, 0) is 24.3 Å². The van der Waals surface area contributed by atoms with Crippen LogP contribution in [0.15, 0.2) is 83.6 Å². The Hall–Kier alpha value is -1.92. The van der Waals surface area contributed by atoms with Gasteiger partial charge in [-0.25, -0.2) is 16.8 Å². The van der Waals surface area contributed by atoms with E-state index < -0.39 is 17.7 Å². The van der Waals surface area contributed by atoms with Gasteiger partial charge < -0.3 is 0 Å². The molecule has 0 saturated carbocycles. The normalized spacial score (nSPS) is 11.2. The largest absolute Gasteiger partial charge is 0.286 e. The molecule has 0 unspecified atom stereocenters. The molecule has 20 heavy (non-hydrogen) atoms. The summed E-state index contributed by atoms with van der Waals surface area (Å²) in [5, 5.41) is 0. The quantitative estimate of drug-likeness (QED) is 0.645. The standard InChI is InChI=1S/C12H10O4S2.C2H4/c13-17(14,11-7-3-1-4-8-11)18(15,16)12-9-5-2-6-10-12;1-2/h1-10H;1-2H2. The van der Waals surface area contributed by atoms with E-state index in [1.165, 1.54) is 48.5 Å². The molecule has 0 heterocycles. The fraction of sp³-hybridized carbons (Fsp3) is 0. The highest BCUT2D eigenvalue weighted by molar-refractivity contribution is 8.67. The predicted molar refractivity (Wildman–Crippen MR) is 78.5 cm³/mol. The van der Waals surface area contributed by atoms with Crippen molar-refractivity contribution in [2.75, 3.05) is 0 Å². The Kier molecular flexibility index (Phi) is 5.24. The molecule has 0 saturated heterocycles. The van der Waals surface area contributed by atoms with Gasteiger partial charge in [0, 0.05) is 0 Å². The average Bonchev–Trinajstić information content (AvgIpc) is 2.51. The lowest BCUT2D eigenvalue weighted by atomic mass is 10.4. The minimum absolute atomic E-state index is 0.228. The van der Waals surface area contributed by atoms with Gasteiger partial charge in [-0.1, -0.05) is 36.4 Å². The second-order valence-electron chi connectivity index (χ2n) is 3.53. The first kappa shape index (κ1) is 16.1. The van der Waals surface area contributed by atoms with E-state index in [1.807, 2.05) is 0 Å². The first-order valence-corrected chi connectivity index (χ1v) is 9.05. The molecule has 2 aromatic rings. The number of hydrogen-bond acceptors (Lipinski definition) is 4. The molecular weight excluding hydrogens is 296 g/mol. The van der Waals surface area contributed by atoms with E-state index in [-0.39, 0.29) is 9.79 Å². The topological polar surface area (TPSA) is 68.3 Å². The molecule has 106 valence electrons. The number of hydrogen-bond donors (Lipinski definition) is 0. The zero-order valence-electron chi connectivity index (χ0n) is 10.6. The Bertz CT molecular complexity index is 682. The molecule has 2 rings (SSSR count). The maximum Gasteiger partial charge on any atom is 0.286 e. The molecular formula is C14H14O4S2. The van der Waals surface area contributed by atoms with Crippen molar-refractivity contribution in [1.82, 2.24) is 0 Å². The maximum absolute atomic E-state index is 12.1. The fourth-order valence-electron chi connectivity index (χ4n) is 1.43. The summed E-state index contributed by atoms with van der Waals surface area (Å²) in [5.41, 5.74) is 0. The van der Waals surface area contributed by atoms with Crippen molar-refractivity contribution in [3.8, 4) is 0 Å². The zero-order chi connectivity index (χ0) is 15.2. The molecule has 4 nitrogen and oxygen atoms in total. The predicted octanol–water partition coefficient (Wildman–Crippen LogP) is 2.65. The Balaban J connectivity index is 0.000000956.